The van der Waals surface area contributed by atoms with Crippen molar-refractivity contribution in [3.05, 3.63) is 29.3 Å². The molecule has 108 valence electrons. The molecule has 0 unspecified atom stereocenters. The quantitative estimate of drug-likeness (QED) is 0.696. The molecule has 1 rings (SSSR count). The first kappa shape index (κ1) is 16.0. The van der Waals surface area contributed by atoms with E-state index in [1.165, 1.54) is 11.1 Å². The Morgan fingerprint density at radius 2 is 2.00 bits per heavy atom. The zero-order valence-electron chi connectivity index (χ0n) is 12.7. The maximum Gasteiger partial charge on any atom is 0.121 e. The van der Waals surface area contributed by atoms with Crippen LogP contribution in [0.15, 0.2) is 18.2 Å². The van der Waals surface area contributed by atoms with Gasteiger partial charge in [-0.05, 0) is 36.5 Å². The second kappa shape index (κ2) is 8.94. The molecule has 0 saturated carbocycles. The lowest BCUT2D eigenvalue weighted by molar-refractivity contribution is 0.125. The monoisotopic (exact) mass is 265 g/mol. The summed E-state index contributed by atoms with van der Waals surface area (Å²) in [5.41, 5.74) is 2.45. The van der Waals surface area contributed by atoms with Crippen LogP contribution in [0.2, 0.25) is 0 Å². The molecule has 0 atom stereocenters. The van der Waals surface area contributed by atoms with Crippen LogP contribution in [-0.2, 0) is 11.3 Å². The third-order valence-corrected chi connectivity index (χ3v) is 3.05. The van der Waals surface area contributed by atoms with Crippen molar-refractivity contribution in [1.82, 2.24) is 5.32 Å². The third-order valence-electron chi connectivity index (χ3n) is 3.05. The molecular weight excluding hydrogens is 238 g/mol. The largest absolute Gasteiger partial charge is 0.496 e. The van der Waals surface area contributed by atoms with Gasteiger partial charge >= 0.3 is 0 Å². The van der Waals surface area contributed by atoms with Crippen LogP contribution in [0, 0.1) is 12.8 Å². The van der Waals surface area contributed by atoms with Crippen LogP contribution >= 0.6 is 0 Å². The predicted molar refractivity (Wildman–Crippen MR) is 79.7 cm³/mol. The van der Waals surface area contributed by atoms with E-state index in [0.29, 0.717) is 0 Å². The second-order valence-electron chi connectivity index (χ2n) is 5.28. The molecule has 0 heterocycles. The lowest BCUT2D eigenvalue weighted by Crippen LogP contribution is -2.19. The summed E-state index contributed by atoms with van der Waals surface area (Å²) in [6.45, 7) is 9.91. The van der Waals surface area contributed by atoms with Crippen LogP contribution in [0.4, 0.5) is 0 Å². The molecule has 0 aliphatic carbocycles. The van der Waals surface area contributed by atoms with Gasteiger partial charge in [-0.15, -0.1) is 0 Å². The highest BCUT2D eigenvalue weighted by atomic mass is 16.5. The maximum atomic E-state index is 5.56. The Kier molecular flexibility index (Phi) is 7.53. The lowest BCUT2D eigenvalue weighted by Gasteiger charge is -2.09. The van der Waals surface area contributed by atoms with Crippen LogP contribution in [0.3, 0.4) is 0 Å². The molecule has 0 radical (unpaired) electrons. The number of benzene rings is 1. The van der Waals surface area contributed by atoms with Crippen LogP contribution in [-0.4, -0.2) is 26.9 Å². The molecular formula is C16H27NO2. The number of methoxy groups -OCH3 is 1. The van der Waals surface area contributed by atoms with E-state index in [0.717, 1.165) is 44.4 Å². The summed E-state index contributed by atoms with van der Waals surface area (Å²) in [7, 11) is 1.70. The number of rotatable bonds is 9. The number of ether oxygens (including phenoxy) is 2. The fraction of sp³-hybridized carbons (Fsp3) is 0.625. The molecule has 0 amide bonds. The zero-order valence-corrected chi connectivity index (χ0v) is 12.7. The van der Waals surface area contributed by atoms with E-state index >= 15 is 0 Å². The first-order valence-electron chi connectivity index (χ1n) is 7.05. The average Bonchev–Trinajstić information content (AvgIpc) is 2.37. The van der Waals surface area contributed by atoms with Crippen molar-refractivity contribution in [2.75, 3.05) is 26.9 Å². The molecule has 0 saturated heterocycles. The lowest BCUT2D eigenvalue weighted by atomic mass is 10.1. The molecule has 3 nitrogen and oxygen atoms in total. The Hall–Kier alpha value is -1.06. The molecule has 1 aromatic carbocycles. The Bertz CT molecular complexity index is 364. The van der Waals surface area contributed by atoms with E-state index < -0.39 is 0 Å². The van der Waals surface area contributed by atoms with E-state index in [9.17, 15) is 0 Å². The summed E-state index contributed by atoms with van der Waals surface area (Å²) in [5, 5.41) is 3.39. The third kappa shape index (κ3) is 6.60. The minimum absolute atomic E-state index is 0.718. The van der Waals surface area contributed by atoms with Crippen molar-refractivity contribution in [1.29, 1.82) is 0 Å². The van der Waals surface area contributed by atoms with Crippen LogP contribution < -0.4 is 10.1 Å². The highest BCUT2D eigenvalue weighted by Gasteiger charge is 1.99. The van der Waals surface area contributed by atoms with Crippen molar-refractivity contribution in [2.24, 2.45) is 5.92 Å². The topological polar surface area (TPSA) is 30.5 Å². The van der Waals surface area contributed by atoms with Gasteiger partial charge in [0.2, 0.25) is 0 Å². The number of hydrogen-bond acceptors (Lipinski definition) is 3. The van der Waals surface area contributed by atoms with Crippen molar-refractivity contribution in [2.45, 2.75) is 33.7 Å². The highest BCUT2D eigenvalue weighted by molar-refractivity contribution is 5.36. The van der Waals surface area contributed by atoms with Gasteiger partial charge in [0, 0.05) is 19.7 Å². The first-order valence-corrected chi connectivity index (χ1v) is 7.05. The van der Waals surface area contributed by atoms with Crippen molar-refractivity contribution < 1.29 is 9.47 Å². The molecule has 0 aromatic heterocycles. The summed E-state index contributed by atoms with van der Waals surface area (Å²) in [5.74, 6) is 1.66. The van der Waals surface area contributed by atoms with Gasteiger partial charge in [0.15, 0.2) is 0 Å². The van der Waals surface area contributed by atoms with Gasteiger partial charge in [-0.3, -0.25) is 0 Å². The van der Waals surface area contributed by atoms with E-state index in [1.54, 1.807) is 7.11 Å². The Morgan fingerprint density at radius 1 is 1.21 bits per heavy atom. The molecule has 1 N–H and O–H groups in total. The SMILES string of the molecule is COc1ccc(CNCCOCCC(C)C)cc1C. The van der Waals surface area contributed by atoms with E-state index in [-0.39, 0.29) is 0 Å². The maximum absolute atomic E-state index is 5.56. The molecule has 0 fully saturated rings. The van der Waals surface area contributed by atoms with Gasteiger partial charge in [-0.25, -0.2) is 0 Å². The highest BCUT2D eigenvalue weighted by Crippen LogP contribution is 2.18. The molecule has 0 spiro atoms. The van der Waals surface area contributed by atoms with E-state index in [4.69, 9.17) is 9.47 Å². The number of hydrogen-bond donors (Lipinski definition) is 1. The van der Waals surface area contributed by atoms with Crippen molar-refractivity contribution >= 4 is 0 Å². The average molecular weight is 265 g/mol. The summed E-state index contributed by atoms with van der Waals surface area (Å²) in [6.07, 6.45) is 1.14. The Labute approximate surface area is 117 Å². The van der Waals surface area contributed by atoms with Gasteiger partial charge in [-0.1, -0.05) is 26.0 Å². The summed E-state index contributed by atoms with van der Waals surface area (Å²) in [4.78, 5) is 0. The number of nitrogens with one attached hydrogen (secondary N) is 1. The fourth-order valence-electron chi connectivity index (χ4n) is 1.85. The summed E-state index contributed by atoms with van der Waals surface area (Å²) >= 11 is 0. The van der Waals surface area contributed by atoms with Crippen LogP contribution in [0.25, 0.3) is 0 Å². The molecule has 3 heteroatoms. The minimum Gasteiger partial charge on any atom is -0.496 e. The zero-order chi connectivity index (χ0) is 14.1. The van der Waals surface area contributed by atoms with Gasteiger partial charge in [0.1, 0.15) is 5.75 Å². The van der Waals surface area contributed by atoms with Crippen LogP contribution in [0.5, 0.6) is 5.75 Å². The molecule has 0 aliphatic rings. The normalized spacial score (nSPS) is 11.0. The Balaban J connectivity index is 2.14. The second-order valence-corrected chi connectivity index (χ2v) is 5.28. The smallest absolute Gasteiger partial charge is 0.121 e. The molecule has 0 bridgehead atoms. The molecule has 1 aromatic rings. The first-order chi connectivity index (χ1) is 9.13. The van der Waals surface area contributed by atoms with Crippen LogP contribution in [0.1, 0.15) is 31.4 Å². The van der Waals surface area contributed by atoms with E-state index in [2.05, 4.69) is 38.2 Å². The van der Waals surface area contributed by atoms with Crippen molar-refractivity contribution in [3.63, 3.8) is 0 Å². The summed E-state index contributed by atoms with van der Waals surface area (Å²) < 4.78 is 10.8. The fourth-order valence-corrected chi connectivity index (χ4v) is 1.85. The summed E-state index contributed by atoms with van der Waals surface area (Å²) in [6, 6.07) is 6.27. The van der Waals surface area contributed by atoms with Gasteiger partial charge in [0.25, 0.3) is 0 Å². The van der Waals surface area contributed by atoms with Gasteiger partial charge < -0.3 is 14.8 Å². The predicted octanol–water partition coefficient (Wildman–Crippen LogP) is 3.16. The Morgan fingerprint density at radius 3 is 2.63 bits per heavy atom. The minimum atomic E-state index is 0.718. The van der Waals surface area contributed by atoms with Crippen molar-refractivity contribution in [3.8, 4) is 5.75 Å². The number of aryl methyl sites for hydroxylation is 1. The van der Waals surface area contributed by atoms with Gasteiger partial charge in [0.05, 0.1) is 13.7 Å². The molecule has 19 heavy (non-hydrogen) atoms. The van der Waals surface area contributed by atoms with E-state index in [1.807, 2.05) is 6.07 Å². The van der Waals surface area contributed by atoms with Gasteiger partial charge in [-0.2, -0.15) is 0 Å². The standard InChI is InChI=1S/C16H27NO2/c1-13(2)7-9-19-10-8-17-12-15-5-6-16(18-4)14(3)11-15/h5-6,11,13,17H,7-10,12H2,1-4H3. The molecule has 0 aliphatic heterocycles.